The number of rotatable bonds is 2. The second-order valence-electron chi connectivity index (χ2n) is 9.24. The van der Waals surface area contributed by atoms with Crippen molar-refractivity contribution in [3.8, 4) is 0 Å². The van der Waals surface area contributed by atoms with Crippen molar-refractivity contribution in [2.45, 2.75) is 71.7 Å². The molecule has 2 aliphatic rings. The van der Waals surface area contributed by atoms with Crippen LogP contribution in [-0.2, 0) is 28.7 Å². The van der Waals surface area contributed by atoms with E-state index in [1.165, 1.54) is 27.7 Å². The number of allylic oxidation sites excluding steroid dienone is 2. The molecule has 2 aliphatic heterocycles. The van der Waals surface area contributed by atoms with Crippen LogP contribution in [0.25, 0.3) is 0 Å². The summed E-state index contributed by atoms with van der Waals surface area (Å²) in [5, 5.41) is 10.7. The van der Waals surface area contributed by atoms with Crippen molar-refractivity contribution in [1.29, 1.82) is 0 Å². The fourth-order valence-electron chi connectivity index (χ4n) is 3.50. The number of hydrogen-bond donors (Lipinski definition) is 4. The average molecular weight is 541 g/mol. The number of hydrogen-bond acceptors (Lipinski definition) is 8. The third-order valence-electron chi connectivity index (χ3n) is 5.59. The molecule has 4 N–H and O–H groups in total. The van der Waals surface area contributed by atoms with Crippen LogP contribution >= 0.6 is 21.6 Å². The predicted molar refractivity (Wildman–Crippen MR) is 141 cm³/mol. The van der Waals surface area contributed by atoms with E-state index >= 15 is 0 Å². The van der Waals surface area contributed by atoms with Crippen molar-refractivity contribution in [2.75, 3.05) is 11.5 Å². The average Bonchev–Trinajstić information content (AvgIpc) is 2.81. The molecule has 0 aromatic carbocycles. The van der Waals surface area contributed by atoms with Crippen LogP contribution in [0.15, 0.2) is 23.9 Å². The number of fused-ring (bicyclic) bond motifs is 7. The van der Waals surface area contributed by atoms with Gasteiger partial charge in [0.25, 0.3) is 5.91 Å². The van der Waals surface area contributed by atoms with Crippen molar-refractivity contribution in [3.05, 3.63) is 23.9 Å². The van der Waals surface area contributed by atoms with Crippen molar-refractivity contribution in [3.63, 3.8) is 0 Å². The Labute approximate surface area is 220 Å². The minimum atomic E-state index is -1.00. The highest BCUT2D eigenvalue weighted by Crippen LogP contribution is 2.24. The molecule has 1 fully saturated rings. The van der Waals surface area contributed by atoms with Crippen LogP contribution in [0.1, 0.15) is 47.5 Å². The second-order valence-corrected chi connectivity index (χ2v) is 11.9. The second kappa shape index (κ2) is 14.3. The smallest absolute Gasteiger partial charge is 0.329 e. The van der Waals surface area contributed by atoms with E-state index in [1.807, 2.05) is 6.08 Å². The molecule has 1 saturated heterocycles. The van der Waals surface area contributed by atoms with Gasteiger partial charge in [0.15, 0.2) is 0 Å². The van der Waals surface area contributed by atoms with Gasteiger partial charge in [-0.2, -0.15) is 0 Å². The van der Waals surface area contributed by atoms with E-state index in [0.29, 0.717) is 12.2 Å². The molecule has 1 unspecified atom stereocenters. The molecule has 0 aliphatic carbocycles. The van der Waals surface area contributed by atoms with Crippen LogP contribution in [0.4, 0.5) is 0 Å². The molecule has 2 heterocycles. The summed E-state index contributed by atoms with van der Waals surface area (Å²) in [6.45, 7) is 8.66. The summed E-state index contributed by atoms with van der Waals surface area (Å²) in [5.41, 5.74) is -0.0445. The van der Waals surface area contributed by atoms with Crippen LogP contribution in [0.5, 0.6) is 0 Å². The number of nitrogens with one attached hydrogen (secondary N) is 4. The molecule has 0 radical (unpaired) electrons. The van der Waals surface area contributed by atoms with E-state index in [4.69, 9.17) is 4.74 Å². The molecule has 10 nitrogen and oxygen atoms in total. The van der Waals surface area contributed by atoms with Gasteiger partial charge in [0.1, 0.15) is 29.9 Å². The van der Waals surface area contributed by atoms with Gasteiger partial charge in [0.05, 0.1) is 6.42 Å². The Hall–Kier alpha value is -2.47. The van der Waals surface area contributed by atoms with Gasteiger partial charge in [-0.1, -0.05) is 61.4 Å². The summed E-state index contributed by atoms with van der Waals surface area (Å²) < 4.78 is 5.65. The van der Waals surface area contributed by atoms with Crippen molar-refractivity contribution < 1.29 is 28.7 Å². The van der Waals surface area contributed by atoms with E-state index in [1.54, 1.807) is 40.7 Å². The Kier molecular flexibility index (Phi) is 11.8. The van der Waals surface area contributed by atoms with E-state index < -0.39 is 53.8 Å². The van der Waals surface area contributed by atoms with Gasteiger partial charge in [0, 0.05) is 11.5 Å². The Morgan fingerprint density at radius 3 is 2.28 bits per heavy atom. The predicted octanol–water partition coefficient (Wildman–Crippen LogP) is 1.43. The third-order valence-corrected chi connectivity index (χ3v) is 8.03. The van der Waals surface area contributed by atoms with Gasteiger partial charge in [-0.3, -0.25) is 19.2 Å². The number of esters is 1. The molecular formula is C24H36N4O6S2. The number of carbonyl (C=O) groups excluding carboxylic acids is 5. The lowest BCUT2D eigenvalue weighted by Gasteiger charge is -2.27. The lowest BCUT2D eigenvalue weighted by molar-refractivity contribution is -0.153. The lowest BCUT2D eigenvalue weighted by atomic mass is 10.0. The first kappa shape index (κ1) is 29.8. The minimum Gasteiger partial charge on any atom is -0.456 e. The molecule has 4 amide bonds. The monoisotopic (exact) mass is 540 g/mol. The molecule has 2 rings (SSSR count). The molecule has 36 heavy (non-hydrogen) atoms. The maximum Gasteiger partial charge on any atom is 0.329 e. The van der Waals surface area contributed by atoms with Crippen LogP contribution in [0.3, 0.4) is 0 Å². The van der Waals surface area contributed by atoms with Crippen molar-refractivity contribution in [2.24, 2.45) is 11.8 Å². The standard InChI is InChI=1S/C24H36N4O6S2/c1-6-16-21(30)28-20(14(4)5)24(33)34-15-9-7-8-10-35-36-12-17(22(31)25-16)26-23(32)19(13(2)3)27-18(29)11-15/h6-7,9,13-15,17,19-20H,8,10-12H2,1-5H3,(H,25,31)(H,26,32)(H,27,29)(H,28,30)/b9-7-,16-6+/t15-,17-,19-,20?/m1/s1. The van der Waals surface area contributed by atoms with Gasteiger partial charge in [-0.05, 0) is 31.3 Å². The highest BCUT2D eigenvalue weighted by Gasteiger charge is 2.33. The SMILES string of the molecule is C/C=C1/NC(=O)[C@H]2CSSCC/C=C\[C@H](CC(=O)N[C@H](C(C)C)C(=O)N2)OC(=O)C(C(C)C)NC1=O. The Balaban J connectivity index is 2.55. The van der Waals surface area contributed by atoms with Crippen LogP contribution in [0.2, 0.25) is 0 Å². The largest absolute Gasteiger partial charge is 0.456 e. The summed E-state index contributed by atoms with van der Waals surface area (Å²) in [5.74, 6) is -2.54. The summed E-state index contributed by atoms with van der Waals surface area (Å²) in [4.78, 5) is 65.2. The van der Waals surface area contributed by atoms with Gasteiger partial charge in [0.2, 0.25) is 17.7 Å². The van der Waals surface area contributed by atoms with Crippen LogP contribution < -0.4 is 21.3 Å². The maximum atomic E-state index is 13.2. The van der Waals surface area contributed by atoms with Gasteiger partial charge in [-0.15, -0.1) is 0 Å². The van der Waals surface area contributed by atoms with E-state index in [0.717, 1.165) is 0 Å². The topological polar surface area (TPSA) is 143 Å². The Morgan fingerprint density at radius 1 is 0.944 bits per heavy atom. The van der Waals surface area contributed by atoms with Gasteiger partial charge < -0.3 is 26.0 Å². The zero-order valence-corrected chi connectivity index (χ0v) is 22.9. The summed E-state index contributed by atoms with van der Waals surface area (Å²) in [7, 11) is 2.95. The minimum absolute atomic E-state index is 0.0445. The normalized spacial score (nSPS) is 29.6. The maximum absolute atomic E-state index is 13.2. The molecule has 4 atom stereocenters. The quantitative estimate of drug-likeness (QED) is 0.178. The van der Waals surface area contributed by atoms with Crippen molar-refractivity contribution >= 4 is 51.2 Å². The lowest BCUT2D eigenvalue weighted by Crippen LogP contribution is -2.57. The molecule has 0 aromatic rings. The highest BCUT2D eigenvalue weighted by molar-refractivity contribution is 8.76. The summed E-state index contributed by atoms with van der Waals surface area (Å²) >= 11 is 0. The number of carbonyl (C=O) groups is 5. The molecule has 0 spiro atoms. The Morgan fingerprint density at radius 2 is 1.64 bits per heavy atom. The first-order valence-corrected chi connectivity index (χ1v) is 14.5. The fraction of sp³-hybridized carbons (Fsp3) is 0.625. The fourth-order valence-corrected chi connectivity index (χ4v) is 5.66. The summed E-state index contributed by atoms with van der Waals surface area (Å²) in [6.07, 6.45) is 4.51. The highest BCUT2D eigenvalue weighted by atomic mass is 33.1. The Bertz CT molecular complexity index is 905. The van der Waals surface area contributed by atoms with E-state index in [-0.39, 0.29) is 29.7 Å². The van der Waals surface area contributed by atoms with E-state index in [9.17, 15) is 24.0 Å². The molecule has 2 bridgehead atoms. The molecule has 0 saturated carbocycles. The summed E-state index contributed by atoms with van der Waals surface area (Å²) in [6, 6.07) is -2.86. The first-order chi connectivity index (χ1) is 17.0. The number of ether oxygens (including phenoxy) is 1. The zero-order valence-electron chi connectivity index (χ0n) is 21.3. The zero-order chi connectivity index (χ0) is 26.8. The van der Waals surface area contributed by atoms with Gasteiger partial charge >= 0.3 is 5.97 Å². The third kappa shape index (κ3) is 8.88. The molecule has 0 aromatic heterocycles. The van der Waals surface area contributed by atoms with Gasteiger partial charge in [-0.25, -0.2) is 4.79 Å². The van der Waals surface area contributed by atoms with Crippen LogP contribution in [-0.4, -0.2) is 65.3 Å². The number of amides is 4. The molecule has 200 valence electrons. The van der Waals surface area contributed by atoms with Crippen molar-refractivity contribution in [1.82, 2.24) is 21.3 Å². The molecule has 12 heteroatoms. The molecular weight excluding hydrogens is 504 g/mol. The van der Waals surface area contributed by atoms with Crippen LogP contribution in [0, 0.1) is 11.8 Å². The first-order valence-electron chi connectivity index (χ1n) is 12.0. The van der Waals surface area contributed by atoms with E-state index in [2.05, 4.69) is 21.3 Å².